The predicted molar refractivity (Wildman–Crippen MR) is 83.6 cm³/mol. The third kappa shape index (κ3) is 2.48. The summed E-state index contributed by atoms with van der Waals surface area (Å²) in [6, 6.07) is 14.0. The molecule has 4 heteroatoms. The van der Waals surface area contributed by atoms with Gasteiger partial charge < -0.3 is 14.8 Å². The van der Waals surface area contributed by atoms with Gasteiger partial charge in [0.1, 0.15) is 11.9 Å². The summed E-state index contributed by atoms with van der Waals surface area (Å²) in [4.78, 5) is 0. The van der Waals surface area contributed by atoms with E-state index >= 15 is 0 Å². The number of halogens is 1. The quantitative estimate of drug-likeness (QED) is 0.903. The number of fused-ring (bicyclic) bond motifs is 1. The van der Waals surface area contributed by atoms with Gasteiger partial charge in [-0.3, -0.25) is 0 Å². The van der Waals surface area contributed by atoms with E-state index < -0.39 is 0 Å². The number of nitrogens with one attached hydrogen (secondary N) is 1. The lowest BCUT2D eigenvalue weighted by Gasteiger charge is -2.29. The summed E-state index contributed by atoms with van der Waals surface area (Å²) in [5.41, 5.74) is 2.09. The smallest absolute Gasteiger partial charge is 0.157 e. The first kappa shape index (κ1) is 13.3. The summed E-state index contributed by atoms with van der Waals surface area (Å²) in [5, 5.41) is 3.41. The molecule has 0 saturated heterocycles. The zero-order valence-corrected chi connectivity index (χ0v) is 12.8. The maximum Gasteiger partial charge on any atom is 0.157 e. The van der Waals surface area contributed by atoms with Crippen LogP contribution in [0.3, 0.4) is 0 Å². The maximum absolute atomic E-state index is 6.15. The van der Waals surface area contributed by atoms with Crippen molar-refractivity contribution in [2.75, 3.05) is 18.5 Å². The Morgan fingerprint density at radius 2 is 2.10 bits per heavy atom. The van der Waals surface area contributed by atoms with Crippen LogP contribution >= 0.6 is 15.9 Å². The molecule has 20 heavy (non-hydrogen) atoms. The molecule has 1 heterocycles. The van der Waals surface area contributed by atoms with Crippen LogP contribution in [0.2, 0.25) is 0 Å². The van der Waals surface area contributed by atoms with E-state index in [1.165, 1.54) is 0 Å². The highest BCUT2D eigenvalue weighted by Gasteiger charge is 2.24. The van der Waals surface area contributed by atoms with Crippen molar-refractivity contribution >= 4 is 21.6 Å². The van der Waals surface area contributed by atoms with Gasteiger partial charge in [0, 0.05) is 5.56 Å². The molecule has 1 aliphatic heterocycles. The van der Waals surface area contributed by atoms with Gasteiger partial charge in [-0.15, -0.1) is 0 Å². The number of rotatable bonds is 3. The molecule has 1 aliphatic rings. The van der Waals surface area contributed by atoms with E-state index in [0.717, 1.165) is 33.8 Å². The number of benzene rings is 2. The van der Waals surface area contributed by atoms with Crippen LogP contribution in [0.15, 0.2) is 46.9 Å². The van der Waals surface area contributed by atoms with Gasteiger partial charge in [-0.2, -0.15) is 0 Å². The van der Waals surface area contributed by atoms with E-state index in [1.54, 1.807) is 0 Å². The molecule has 104 valence electrons. The van der Waals surface area contributed by atoms with E-state index in [9.17, 15) is 0 Å². The highest BCUT2D eigenvalue weighted by atomic mass is 79.9. The zero-order chi connectivity index (χ0) is 13.9. The second-order valence-electron chi connectivity index (χ2n) is 4.57. The molecule has 0 spiro atoms. The minimum Gasteiger partial charge on any atom is -0.493 e. The number of hydrogen-bond donors (Lipinski definition) is 1. The van der Waals surface area contributed by atoms with Crippen LogP contribution in [0.4, 0.5) is 5.69 Å². The average Bonchev–Trinajstić information content (AvgIpc) is 2.48. The highest BCUT2D eigenvalue weighted by molar-refractivity contribution is 9.10. The normalized spacial score (nSPS) is 16.8. The maximum atomic E-state index is 6.15. The predicted octanol–water partition coefficient (Wildman–Crippen LogP) is 4.39. The van der Waals surface area contributed by atoms with E-state index in [1.807, 2.05) is 43.3 Å². The molecular weight excluding hydrogens is 318 g/mol. The Labute approximate surface area is 127 Å². The summed E-state index contributed by atoms with van der Waals surface area (Å²) in [6.07, 6.45) is -0.0519. The Morgan fingerprint density at radius 3 is 2.95 bits per heavy atom. The lowest BCUT2D eigenvalue weighted by atomic mass is 10.1. The van der Waals surface area contributed by atoms with E-state index in [2.05, 4.69) is 27.3 Å². The van der Waals surface area contributed by atoms with Crippen LogP contribution in [0.25, 0.3) is 0 Å². The molecule has 3 rings (SSSR count). The first-order valence-corrected chi connectivity index (χ1v) is 7.49. The second-order valence-corrected chi connectivity index (χ2v) is 5.43. The Kier molecular flexibility index (Phi) is 3.83. The van der Waals surface area contributed by atoms with Gasteiger partial charge in [-0.25, -0.2) is 0 Å². The van der Waals surface area contributed by atoms with Crippen molar-refractivity contribution in [3.05, 3.63) is 52.5 Å². The van der Waals surface area contributed by atoms with Crippen LogP contribution in [0.5, 0.6) is 11.5 Å². The number of ether oxygens (including phenoxy) is 2. The highest BCUT2D eigenvalue weighted by Crippen LogP contribution is 2.41. The minimum atomic E-state index is -0.0519. The average molecular weight is 334 g/mol. The molecule has 2 aromatic carbocycles. The molecule has 0 aromatic heterocycles. The van der Waals surface area contributed by atoms with Gasteiger partial charge in [-0.05, 0) is 41.1 Å². The summed E-state index contributed by atoms with van der Waals surface area (Å²) < 4.78 is 12.8. The Morgan fingerprint density at radius 1 is 1.25 bits per heavy atom. The van der Waals surface area contributed by atoms with Crippen molar-refractivity contribution in [2.24, 2.45) is 0 Å². The fourth-order valence-electron chi connectivity index (χ4n) is 2.36. The molecule has 0 aliphatic carbocycles. The topological polar surface area (TPSA) is 30.5 Å². The minimum absolute atomic E-state index is 0.0519. The standard InChI is InChI=1S/C16H16BrNO2/c1-2-19-14-9-4-3-6-11(14)15-10-18-13-8-5-7-12(17)16(13)20-15/h3-9,15,18H,2,10H2,1H3. The molecule has 1 unspecified atom stereocenters. The van der Waals surface area contributed by atoms with Gasteiger partial charge in [0.25, 0.3) is 0 Å². The van der Waals surface area contributed by atoms with Crippen LogP contribution in [0, 0.1) is 0 Å². The molecule has 2 aromatic rings. The third-order valence-electron chi connectivity index (χ3n) is 3.27. The Balaban J connectivity index is 1.92. The number of anilines is 1. The van der Waals surface area contributed by atoms with Gasteiger partial charge in [-0.1, -0.05) is 24.3 Å². The van der Waals surface area contributed by atoms with Crippen molar-refractivity contribution in [3.63, 3.8) is 0 Å². The molecule has 1 N–H and O–H groups in total. The molecule has 0 bridgehead atoms. The fourth-order valence-corrected chi connectivity index (χ4v) is 2.82. The Hall–Kier alpha value is -1.68. The number of hydrogen-bond acceptors (Lipinski definition) is 3. The first-order chi connectivity index (χ1) is 9.79. The van der Waals surface area contributed by atoms with Crippen molar-refractivity contribution in [2.45, 2.75) is 13.0 Å². The zero-order valence-electron chi connectivity index (χ0n) is 11.2. The molecule has 0 saturated carbocycles. The molecule has 0 amide bonds. The van der Waals surface area contributed by atoms with Crippen LogP contribution < -0.4 is 14.8 Å². The summed E-state index contributed by atoms with van der Waals surface area (Å²) in [5.74, 6) is 1.74. The fraction of sp³-hybridized carbons (Fsp3) is 0.250. The van der Waals surface area contributed by atoms with Crippen LogP contribution in [-0.2, 0) is 0 Å². The van der Waals surface area contributed by atoms with Crippen molar-refractivity contribution in [3.8, 4) is 11.5 Å². The van der Waals surface area contributed by atoms with Gasteiger partial charge >= 0.3 is 0 Å². The lowest BCUT2D eigenvalue weighted by Crippen LogP contribution is -2.24. The second kappa shape index (κ2) is 5.75. The number of para-hydroxylation sites is 2. The largest absolute Gasteiger partial charge is 0.493 e. The van der Waals surface area contributed by atoms with E-state index in [4.69, 9.17) is 9.47 Å². The van der Waals surface area contributed by atoms with Gasteiger partial charge in [0.15, 0.2) is 5.75 Å². The molecular formula is C16H16BrNO2. The van der Waals surface area contributed by atoms with Crippen LogP contribution in [0.1, 0.15) is 18.6 Å². The lowest BCUT2D eigenvalue weighted by molar-refractivity contribution is 0.201. The summed E-state index contributed by atoms with van der Waals surface area (Å²) >= 11 is 3.54. The molecule has 3 nitrogen and oxygen atoms in total. The SMILES string of the molecule is CCOc1ccccc1C1CNc2cccc(Br)c2O1. The summed E-state index contributed by atoms with van der Waals surface area (Å²) in [6.45, 7) is 3.37. The third-order valence-corrected chi connectivity index (χ3v) is 3.90. The van der Waals surface area contributed by atoms with E-state index in [-0.39, 0.29) is 6.10 Å². The van der Waals surface area contributed by atoms with Gasteiger partial charge in [0.2, 0.25) is 0 Å². The van der Waals surface area contributed by atoms with Gasteiger partial charge in [0.05, 0.1) is 23.3 Å². The van der Waals surface area contributed by atoms with E-state index in [0.29, 0.717) is 6.61 Å². The van der Waals surface area contributed by atoms with Crippen molar-refractivity contribution in [1.29, 1.82) is 0 Å². The molecule has 1 atom stereocenters. The Bertz CT molecular complexity index is 615. The molecule has 0 fully saturated rings. The monoisotopic (exact) mass is 333 g/mol. The van der Waals surface area contributed by atoms with Crippen molar-refractivity contribution < 1.29 is 9.47 Å². The summed E-state index contributed by atoms with van der Waals surface area (Å²) in [7, 11) is 0. The first-order valence-electron chi connectivity index (χ1n) is 6.70. The van der Waals surface area contributed by atoms with Crippen molar-refractivity contribution in [1.82, 2.24) is 0 Å². The van der Waals surface area contributed by atoms with Crippen LogP contribution in [-0.4, -0.2) is 13.2 Å². The molecule has 0 radical (unpaired) electrons.